The third kappa shape index (κ3) is 5.39. The Kier molecular flexibility index (Phi) is 7.87. The van der Waals surface area contributed by atoms with Crippen LogP contribution in [0.2, 0.25) is 15.1 Å². The molecule has 4 nitrogen and oxygen atoms in total. The van der Waals surface area contributed by atoms with Gasteiger partial charge in [0.15, 0.2) is 5.78 Å². The lowest BCUT2D eigenvalue weighted by Gasteiger charge is -2.38. The van der Waals surface area contributed by atoms with Crippen molar-refractivity contribution in [3.63, 3.8) is 0 Å². The van der Waals surface area contributed by atoms with E-state index in [0.717, 1.165) is 33.9 Å². The molecule has 0 aliphatic carbocycles. The summed E-state index contributed by atoms with van der Waals surface area (Å²) < 4.78 is 0. The minimum absolute atomic E-state index is 0.232. The molecule has 2 heterocycles. The number of hydrogen-bond acceptors (Lipinski definition) is 4. The van der Waals surface area contributed by atoms with E-state index < -0.39 is 5.92 Å². The molecule has 1 saturated heterocycles. The van der Waals surface area contributed by atoms with Crippen molar-refractivity contribution in [1.29, 1.82) is 0 Å². The highest BCUT2D eigenvalue weighted by molar-refractivity contribution is 7.81. The number of nitrogens with one attached hydrogen (secondary N) is 2. The van der Waals surface area contributed by atoms with Crippen molar-refractivity contribution in [2.75, 3.05) is 18.4 Å². The van der Waals surface area contributed by atoms with Gasteiger partial charge < -0.3 is 15.5 Å². The molecule has 0 radical (unpaired) electrons. The van der Waals surface area contributed by atoms with Crippen LogP contribution in [0, 0.1) is 0 Å². The number of allylic oxidation sites excluding steroid dienone is 1. The number of para-hydroxylation sites is 1. The largest absolute Gasteiger partial charge is 0.369 e. The minimum atomic E-state index is -0.563. The summed E-state index contributed by atoms with van der Waals surface area (Å²) >= 11 is 25.7. The van der Waals surface area contributed by atoms with Crippen LogP contribution < -0.4 is 10.6 Å². The second-order valence-corrected chi connectivity index (χ2v) is 11.4. The van der Waals surface area contributed by atoms with E-state index in [1.807, 2.05) is 72.8 Å². The van der Waals surface area contributed by atoms with E-state index in [2.05, 4.69) is 27.7 Å². The Bertz CT molecular complexity index is 1720. The molecule has 1 fully saturated rings. The molecule has 2 aliphatic rings. The Balaban J connectivity index is 1.64. The van der Waals surface area contributed by atoms with Crippen molar-refractivity contribution in [3.8, 4) is 0 Å². The monoisotopic (exact) mass is 615 g/mol. The molecule has 2 aliphatic heterocycles. The molecule has 4 aromatic carbocycles. The highest BCUT2D eigenvalue weighted by Gasteiger charge is 2.43. The third-order valence-electron chi connectivity index (χ3n) is 7.18. The Morgan fingerprint density at radius 1 is 0.829 bits per heavy atom. The first-order valence-electron chi connectivity index (χ1n) is 13.1. The minimum Gasteiger partial charge on any atom is -0.369 e. The normalized spacial score (nSPS) is 16.4. The lowest BCUT2D eigenvalue weighted by molar-refractivity contribution is 0.102. The molecule has 0 bridgehead atoms. The summed E-state index contributed by atoms with van der Waals surface area (Å²) in [5.41, 5.74) is 5.25. The number of thiocarbonyl (C=S) groups is 1. The summed E-state index contributed by atoms with van der Waals surface area (Å²) in [5.74, 6) is -0.0721. The first-order chi connectivity index (χ1) is 19.9. The maximum absolute atomic E-state index is 14.6. The van der Waals surface area contributed by atoms with Gasteiger partial charge in [0.05, 0.1) is 16.3 Å². The average molecular weight is 617 g/mol. The highest BCUT2D eigenvalue weighted by Crippen LogP contribution is 2.48. The number of nitrogens with zero attached hydrogens (tertiary/aromatic N) is 1. The second kappa shape index (κ2) is 11.7. The quantitative estimate of drug-likeness (QED) is 0.168. The molecule has 4 aromatic rings. The van der Waals surface area contributed by atoms with Crippen LogP contribution in [0.25, 0.3) is 5.70 Å². The van der Waals surface area contributed by atoms with Gasteiger partial charge in [-0.15, -0.1) is 0 Å². The van der Waals surface area contributed by atoms with E-state index in [-0.39, 0.29) is 5.78 Å². The van der Waals surface area contributed by atoms with E-state index in [9.17, 15) is 4.79 Å². The number of benzene rings is 4. The summed E-state index contributed by atoms with van der Waals surface area (Å²) in [6, 6.07) is 32.4. The Morgan fingerprint density at radius 3 is 2.27 bits per heavy atom. The van der Waals surface area contributed by atoms with Crippen molar-refractivity contribution in [3.05, 3.63) is 152 Å². The zero-order chi connectivity index (χ0) is 28.5. The molecular weight excluding hydrogens is 593 g/mol. The van der Waals surface area contributed by atoms with Crippen LogP contribution in [0.5, 0.6) is 0 Å². The standard InChI is InChI=1S/C33H24Cl3N3OS/c34-22-11-7-10-21(18-22)27-28(33(41)38-24-12-5-2-6-13-24)30(20-8-3-1-4-9-20)39-17-16-37-32(39)29(27)31(40)25-19-23(35)14-15-26(25)36/h1-15,18-19,27,37H,16-17H2,(H,38,41)/t27-/m0/s1. The van der Waals surface area contributed by atoms with E-state index >= 15 is 0 Å². The van der Waals surface area contributed by atoms with Crippen molar-refractivity contribution in [1.82, 2.24) is 10.2 Å². The van der Waals surface area contributed by atoms with E-state index in [1.165, 1.54) is 0 Å². The summed E-state index contributed by atoms with van der Waals surface area (Å²) in [6.07, 6.45) is 0. The number of halogens is 3. The van der Waals surface area contributed by atoms with Crippen LogP contribution >= 0.6 is 47.0 Å². The number of ketones is 1. The van der Waals surface area contributed by atoms with Gasteiger partial charge in [-0.25, -0.2) is 0 Å². The molecule has 8 heteroatoms. The zero-order valence-electron chi connectivity index (χ0n) is 21.7. The van der Waals surface area contributed by atoms with Gasteiger partial charge in [0.1, 0.15) is 10.8 Å². The molecule has 0 amide bonds. The van der Waals surface area contributed by atoms with Gasteiger partial charge in [-0.1, -0.05) is 108 Å². The van der Waals surface area contributed by atoms with Crippen LogP contribution in [0.1, 0.15) is 27.4 Å². The number of anilines is 1. The fraction of sp³-hybridized carbons (Fsp3) is 0.0909. The van der Waals surface area contributed by atoms with Crippen molar-refractivity contribution in [2.24, 2.45) is 0 Å². The lowest BCUT2D eigenvalue weighted by atomic mass is 9.77. The Labute approximate surface area is 259 Å². The van der Waals surface area contributed by atoms with Crippen LogP contribution in [0.4, 0.5) is 5.69 Å². The molecule has 0 unspecified atom stereocenters. The maximum atomic E-state index is 14.6. The average Bonchev–Trinajstić information content (AvgIpc) is 3.47. The molecule has 0 saturated carbocycles. The molecule has 1 atom stereocenters. The molecule has 2 N–H and O–H groups in total. The molecule has 204 valence electrons. The van der Waals surface area contributed by atoms with Crippen molar-refractivity contribution >= 4 is 69.2 Å². The molecule has 6 rings (SSSR count). The third-order valence-corrected chi connectivity index (χ3v) is 8.30. The fourth-order valence-electron chi connectivity index (χ4n) is 5.46. The Morgan fingerprint density at radius 2 is 1.54 bits per heavy atom. The number of fused-ring (bicyclic) bond motifs is 1. The fourth-order valence-corrected chi connectivity index (χ4v) is 6.37. The maximum Gasteiger partial charge on any atom is 0.195 e. The number of Topliss-reactive ketones (excluding diaryl/α,β-unsaturated/α-hetero) is 1. The number of carbonyl (C=O) groups excluding carboxylic acids is 1. The van der Waals surface area contributed by atoms with Crippen LogP contribution in [0.3, 0.4) is 0 Å². The van der Waals surface area contributed by atoms with Crippen LogP contribution in [-0.4, -0.2) is 28.8 Å². The van der Waals surface area contributed by atoms with E-state index in [1.54, 1.807) is 18.2 Å². The predicted octanol–water partition coefficient (Wildman–Crippen LogP) is 8.59. The van der Waals surface area contributed by atoms with Gasteiger partial charge in [0, 0.05) is 45.9 Å². The predicted molar refractivity (Wildman–Crippen MR) is 173 cm³/mol. The van der Waals surface area contributed by atoms with Gasteiger partial charge in [0.25, 0.3) is 0 Å². The summed E-state index contributed by atoms with van der Waals surface area (Å²) in [7, 11) is 0. The van der Waals surface area contributed by atoms with Gasteiger partial charge in [-0.2, -0.15) is 0 Å². The smallest absolute Gasteiger partial charge is 0.195 e. The molecule has 0 aromatic heterocycles. The van der Waals surface area contributed by atoms with Gasteiger partial charge in [-0.3, -0.25) is 4.79 Å². The second-order valence-electron chi connectivity index (χ2n) is 9.73. The van der Waals surface area contributed by atoms with Gasteiger partial charge in [0.2, 0.25) is 0 Å². The molecule has 0 spiro atoms. The van der Waals surface area contributed by atoms with Gasteiger partial charge in [-0.05, 0) is 53.6 Å². The van der Waals surface area contributed by atoms with Crippen LogP contribution in [0.15, 0.2) is 120 Å². The summed E-state index contributed by atoms with van der Waals surface area (Å²) in [4.78, 5) is 17.2. The topological polar surface area (TPSA) is 44.4 Å². The SMILES string of the molecule is O=C(C1=C2NCCN2C(c2ccccc2)=C(C(=S)Nc2ccccc2)[C@@H]1c1cccc(Cl)c1)c1cc(Cl)ccc1Cl. The van der Waals surface area contributed by atoms with Gasteiger partial charge >= 0.3 is 0 Å². The molecular formula is C33H24Cl3N3OS. The number of carbonyl (C=O) groups is 1. The number of rotatable bonds is 6. The van der Waals surface area contributed by atoms with Crippen molar-refractivity contribution in [2.45, 2.75) is 5.92 Å². The van der Waals surface area contributed by atoms with E-state index in [0.29, 0.717) is 44.3 Å². The lowest BCUT2D eigenvalue weighted by Crippen LogP contribution is -2.36. The summed E-state index contributed by atoms with van der Waals surface area (Å²) in [6.45, 7) is 1.31. The summed E-state index contributed by atoms with van der Waals surface area (Å²) in [5, 5.41) is 8.24. The van der Waals surface area contributed by atoms with E-state index in [4.69, 9.17) is 47.0 Å². The zero-order valence-corrected chi connectivity index (χ0v) is 24.8. The highest BCUT2D eigenvalue weighted by atomic mass is 35.5. The van der Waals surface area contributed by atoms with Crippen LogP contribution in [-0.2, 0) is 0 Å². The molecule has 41 heavy (non-hydrogen) atoms. The first kappa shape index (κ1) is 27.6. The van der Waals surface area contributed by atoms with Crippen molar-refractivity contribution < 1.29 is 4.79 Å². The first-order valence-corrected chi connectivity index (χ1v) is 14.6. The number of hydrogen-bond donors (Lipinski definition) is 2. The Hall–Kier alpha value is -3.61.